The van der Waals surface area contributed by atoms with Gasteiger partial charge in [-0.15, -0.1) is 0 Å². The molecule has 21 heavy (non-hydrogen) atoms. The lowest BCUT2D eigenvalue weighted by molar-refractivity contribution is -0.384. The van der Waals surface area contributed by atoms with Crippen molar-refractivity contribution in [3.05, 3.63) is 46.1 Å². The number of benzene rings is 1. The maximum atomic E-state index is 12.8. The molecule has 0 radical (unpaired) electrons. The Morgan fingerprint density at radius 2 is 1.81 bits per heavy atom. The zero-order chi connectivity index (χ0) is 15.6. The third-order valence-corrected chi connectivity index (χ3v) is 3.10. The molecule has 0 bridgehead atoms. The number of nitro benzene ring substituents is 1. The summed E-state index contributed by atoms with van der Waals surface area (Å²) in [7, 11) is 0. The first-order valence-electron chi connectivity index (χ1n) is 5.56. The van der Waals surface area contributed by atoms with Gasteiger partial charge in [0.1, 0.15) is 5.69 Å². The number of thioether (sulfide) groups is 1. The Balaban J connectivity index is 2.50. The van der Waals surface area contributed by atoms with Gasteiger partial charge in [0.2, 0.25) is 0 Å². The number of rotatable bonds is 3. The molecule has 0 aliphatic carbocycles. The number of hydrogen-bond acceptors (Lipinski definition) is 5. The molecule has 2 aromatic rings. The highest BCUT2D eigenvalue weighted by atomic mass is 32.2. The molecule has 0 amide bonds. The lowest BCUT2D eigenvalue weighted by atomic mass is 10.1. The quantitative estimate of drug-likeness (QED) is 0.373. The van der Waals surface area contributed by atoms with Crippen molar-refractivity contribution in [2.24, 2.45) is 0 Å². The molecule has 0 spiro atoms. The molecule has 2 rings (SSSR count). The summed E-state index contributed by atoms with van der Waals surface area (Å²) in [5.41, 5.74) is -0.774. The van der Waals surface area contributed by atoms with Crippen LogP contribution in [-0.2, 0) is 6.18 Å². The second-order valence-corrected chi connectivity index (χ2v) is 4.70. The van der Waals surface area contributed by atoms with Crippen molar-refractivity contribution in [1.29, 1.82) is 0 Å². The summed E-state index contributed by atoms with van der Waals surface area (Å²) in [5.74, 6) is 0. The van der Waals surface area contributed by atoms with Crippen molar-refractivity contribution in [1.82, 2.24) is 9.97 Å². The topological polar surface area (TPSA) is 68.9 Å². The van der Waals surface area contributed by atoms with Gasteiger partial charge in [0.25, 0.3) is 5.69 Å². The summed E-state index contributed by atoms with van der Waals surface area (Å²) in [6, 6.07) is 5.95. The Morgan fingerprint density at radius 1 is 1.19 bits per heavy atom. The summed E-state index contributed by atoms with van der Waals surface area (Å²) in [5, 5.41) is 10.5. The number of hydrogen-bond donors (Lipinski definition) is 0. The van der Waals surface area contributed by atoms with Crippen LogP contribution in [-0.4, -0.2) is 21.1 Å². The molecular weight excluding hydrogens is 307 g/mol. The van der Waals surface area contributed by atoms with Crippen LogP contribution in [0.4, 0.5) is 18.9 Å². The number of alkyl halides is 3. The summed E-state index contributed by atoms with van der Waals surface area (Å²) < 4.78 is 38.3. The predicted molar refractivity (Wildman–Crippen MR) is 70.9 cm³/mol. The van der Waals surface area contributed by atoms with E-state index in [1.807, 2.05) is 0 Å². The first kappa shape index (κ1) is 15.2. The van der Waals surface area contributed by atoms with Crippen LogP contribution in [0.1, 0.15) is 5.69 Å². The molecule has 0 fully saturated rings. The van der Waals surface area contributed by atoms with Crippen molar-refractivity contribution in [2.75, 3.05) is 6.26 Å². The number of non-ortho nitro benzene ring substituents is 1. The Hall–Kier alpha value is -2.16. The van der Waals surface area contributed by atoms with Gasteiger partial charge in [-0.1, -0.05) is 11.8 Å². The van der Waals surface area contributed by atoms with Crippen LogP contribution in [0.25, 0.3) is 11.3 Å². The molecule has 0 aliphatic rings. The molecule has 0 atom stereocenters. The minimum absolute atomic E-state index is 0.0156. The largest absolute Gasteiger partial charge is 0.433 e. The van der Waals surface area contributed by atoms with E-state index in [-0.39, 0.29) is 16.5 Å². The van der Waals surface area contributed by atoms with E-state index in [0.29, 0.717) is 5.56 Å². The SMILES string of the molecule is CSc1nc(-c2ccc([N+](=O)[O-])cc2)cc(C(F)(F)F)n1. The van der Waals surface area contributed by atoms with Gasteiger partial charge in [-0.25, -0.2) is 9.97 Å². The van der Waals surface area contributed by atoms with Crippen LogP contribution in [0.15, 0.2) is 35.5 Å². The van der Waals surface area contributed by atoms with Crippen LogP contribution in [0.3, 0.4) is 0 Å². The molecule has 110 valence electrons. The number of aromatic nitrogens is 2. The van der Waals surface area contributed by atoms with E-state index in [4.69, 9.17) is 0 Å². The second kappa shape index (κ2) is 5.68. The van der Waals surface area contributed by atoms with Gasteiger partial charge in [-0.05, 0) is 24.5 Å². The fourth-order valence-corrected chi connectivity index (χ4v) is 1.94. The fraction of sp³-hybridized carbons (Fsp3) is 0.167. The van der Waals surface area contributed by atoms with Gasteiger partial charge < -0.3 is 0 Å². The first-order chi connectivity index (χ1) is 9.81. The van der Waals surface area contributed by atoms with E-state index >= 15 is 0 Å². The summed E-state index contributed by atoms with van der Waals surface area (Å²) in [4.78, 5) is 17.4. The second-order valence-electron chi connectivity index (χ2n) is 3.93. The molecule has 5 nitrogen and oxygen atoms in total. The van der Waals surface area contributed by atoms with Crippen molar-refractivity contribution < 1.29 is 18.1 Å². The van der Waals surface area contributed by atoms with Crippen LogP contribution in [0.5, 0.6) is 0 Å². The van der Waals surface area contributed by atoms with Crippen molar-refractivity contribution in [2.45, 2.75) is 11.3 Å². The lowest BCUT2D eigenvalue weighted by Crippen LogP contribution is -2.10. The molecule has 0 saturated carbocycles. The standard InChI is InChI=1S/C12H8F3N3O2S/c1-21-11-16-9(6-10(17-11)12(13,14)15)7-2-4-8(5-3-7)18(19)20/h2-6H,1H3. The van der Waals surface area contributed by atoms with Gasteiger partial charge in [0.05, 0.1) is 10.6 Å². The third kappa shape index (κ3) is 3.48. The van der Waals surface area contributed by atoms with E-state index in [2.05, 4.69) is 9.97 Å². The maximum Gasteiger partial charge on any atom is 0.433 e. The average molecular weight is 315 g/mol. The molecule has 1 aromatic carbocycles. The third-order valence-electron chi connectivity index (χ3n) is 2.55. The zero-order valence-electron chi connectivity index (χ0n) is 10.6. The summed E-state index contributed by atoms with van der Waals surface area (Å²) in [6.45, 7) is 0. The molecule has 1 aromatic heterocycles. The Bertz CT molecular complexity index is 674. The number of halogens is 3. The molecule has 0 N–H and O–H groups in total. The van der Waals surface area contributed by atoms with Crippen LogP contribution in [0.2, 0.25) is 0 Å². The lowest BCUT2D eigenvalue weighted by Gasteiger charge is -2.09. The Kier molecular flexibility index (Phi) is 4.12. The van der Waals surface area contributed by atoms with Crippen LogP contribution >= 0.6 is 11.8 Å². The molecular formula is C12H8F3N3O2S. The minimum Gasteiger partial charge on any atom is -0.258 e. The highest BCUT2D eigenvalue weighted by Gasteiger charge is 2.33. The predicted octanol–water partition coefficient (Wildman–Crippen LogP) is 3.79. The van der Waals surface area contributed by atoms with Crippen LogP contribution < -0.4 is 0 Å². The average Bonchev–Trinajstić information content (AvgIpc) is 2.46. The molecule has 9 heteroatoms. The van der Waals surface area contributed by atoms with Gasteiger partial charge in [0, 0.05) is 17.7 Å². The van der Waals surface area contributed by atoms with Gasteiger partial charge in [0.15, 0.2) is 5.16 Å². The van der Waals surface area contributed by atoms with Crippen LogP contribution in [0, 0.1) is 10.1 Å². The monoisotopic (exact) mass is 315 g/mol. The summed E-state index contributed by atoms with van der Waals surface area (Å²) >= 11 is 0.986. The van der Waals surface area contributed by atoms with Crippen molar-refractivity contribution in [3.63, 3.8) is 0 Å². The van der Waals surface area contributed by atoms with E-state index < -0.39 is 16.8 Å². The highest BCUT2D eigenvalue weighted by Crippen LogP contribution is 2.31. The molecule has 0 saturated heterocycles. The van der Waals surface area contributed by atoms with Crippen molar-refractivity contribution >= 4 is 17.4 Å². The maximum absolute atomic E-state index is 12.8. The smallest absolute Gasteiger partial charge is 0.258 e. The first-order valence-corrected chi connectivity index (χ1v) is 6.79. The number of nitrogens with zero attached hydrogens (tertiary/aromatic N) is 3. The van der Waals surface area contributed by atoms with Gasteiger partial charge >= 0.3 is 6.18 Å². The fourth-order valence-electron chi connectivity index (χ4n) is 1.56. The normalized spacial score (nSPS) is 11.4. The minimum atomic E-state index is -4.58. The molecule has 0 unspecified atom stereocenters. The van der Waals surface area contributed by atoms with Gasteiger partial charge in [-0.3, -0.25) is 10.1 Å². The van der Waals surface area contributed by atoms with E-state index in [0.717, 1.165) is 17.8 Å². The van der Waals surface area contributed by atoms with Crippen molar-refractivity contribution in [3.8, 4) is 11.3 Å². The molecule has 1 heterocycles. The van der Waals surface area contributed by atoms with Gasteiger partial charge in [-0.2, -0.15) is 13.2 Å². The van der Waals surface area contributed by atoms with E-state index in [9.17, 15) is 23.3 Å². The molecule has 0 aliphatic heterocycles. The Morgan fingerprint density at radius 3 is 2.29 bits per heavy atom. The Labute approximate surface area is 121 Å². The van der Waals surface area contributed by atoms with E-state index in [1.165, 1.54) is 24.3 Å². The summed E-state index contributed by atoms with van der Waals surface area (Å²) in [6.07, 6.45) is -3.02. The zero-order valence-corrected chi connectivity index (χ0v) is 11.4. The number of nitro groups is 1. The highest BCUT2D eigenvalue weighted by molar-refractivity contribution is 7.98. The van der Waals surface area contributed by atoms with E-state index in [1.54, 1.807) is 6.26 Å².